The van der Waals surface area contributed by atoms with Gasteiger partial charge in [0, 0.05) is 0 Å². The van der Waals surface area contributed by atoms with E-state index in [9.17, 15) is 5.11 Å². The Hall–Kier alpha value is -1.08. The van der Waals surface area contributed by atoms with Crippen LogP contribution < -0.4 is 0 Å². The lowest BCUT2D eigenvalue weighted by molar-refractivity contribution is -0.0731. The fraction of sp³-hybridized carbons (Fsp3) is 0.724. The normalized spacial score (nSPS) is 32.7. The molecule has 3 aliphatic rings. The molecule has 5 atom stereocenters. The third kappa shape index (κ3) is 3.40. The first-order chi connectivity index (χ1) is 14.1. The van der Waals surface area contributed by atoms with Crippen LogP contribution in [0.15, 0.2) is 17.7 Å². The van der Waals surface area contributed by atoms with Gasteiger partial charge in [-0.3, -0.25) is 0 Å². The van der Waals surface area contributed by atoms with Crippen molar-refractivity contribution in [2.45, 2.75) is 117 Å². The highest BCUT2D eigenvalue weighted by Crippen LogP contribution is 2.59. The number of fused-ring (bicyclic) bond motifs is 5. The Labute approximate surface area is 185 Å². The van der Waals surface area contributed by atoms with Gasteiger partial charge in [-0.1, -0.05) is 45.4 Å². The first-order valence-electron chi connectivity index (χ1n) is 12.5. The summed E-state index contributed by atoms with van der Waals surface area (Å²) in [5, 5.41) is 10.7. The van der Waals surface area contributed by atoms with Gasteiger partial charge < -0.3 is 5.11 Å². The fourth-order valence-electron chi connectivity index (χ4n) is 7.73. The number of hydrogen-bond donors (Lipinski definition) is 1. The number of allylic oxidation sites excluding steroid dienone is 2. The molecule has 30 heavy (non-hydrogen) atoms. The lowest BCUT2D eigenvalue weighted by atomic mass is 9.49. The van der Waals surface area contributed by atoms with Crippen LogP contribution in [0.4, 0.5) is 0 Å². The Morgan fingerprint density at radius 1 is 1.13 bits per heavy atom. The van der Waals surface area contributed by atoms with E-state index < -0.39 is 0 Å². The summed E-state index contributed by atoms with van der Waals surface area (Å²) in [5.74, 6) is 2.08. The number of benzene rings is 1. The Balaban J connectivity index is 1.69. The first-order valence-corrected chi connectivity index (χ1v) is 12.5. The topological polar surface area (TPSA) is 20.2 Å². The minimum Gasteiger partial charge on any atom is -0.393 e. The van der Waals surface area contributed by atoms with Gasteiger partial charge in [-0.15, -0.1) is 0 Å². The predicted molar refractivity (Wildman–Crippen MR) is 128 cm³/mol. The highest BCUT2D eigenvalue weighted by atomic mass is 16.3. The molecule has 1 aromatic rings. The number of hydrogen-bond acceptors (Lipinski definition) is 1. The van der Waals surface area contributed by atoms with E-state index in [1.54, 1.807) is 27.8 Å². The summed E-state index contributed by atoms with van der Waals surface area (Å²) < 4.78 is 0. The standard InChI is InChI=1S/C29H44O/c1-18(2)9-8-10-19(3)21-11-12-23-22-13-14-25-28(5,6)26(30)15-16-29(25,7)24(22)17-20(4)27(21)23/h9,17,19,21,25-26,30H,8,10-16H2,1-7H3/t19-,21-,25?,26+,29-/m1/s1. The van der Waals surface area contributed by atoms with Gasteiger partial charge in [-0.25, -0.2) is 0 Å². The summed E-state index contributed by atoms with van der Waals surface area (Å²) in [6, 6.07) is 2.59. The van der Waals surface area contributed by atoms with Crippen LogP contribution in [0.5, 0.6) is 0 Å². The average Bonchev–Trinajstić information content (AvgIpc) is 3.12. The highest BCUT2D eigenvalue weighted by molar-refractivity contribution is 5.54. The maximum atomic E-state index is 10.7. The Morgan fingerprint density at radius 2 is 1.83 bits per heavy atom. The van der Waals surface area contributed by atoms with Gasteiger partial charge in [0.1, 0.15) is 0 Å². The zero-order valence-electron chi connectivity index (χ0n) is 20.6. The van der Waals surface area contributed by atoms with Crippen molar-refractivity contribution in [2.24, 2.45) is 17.3 Å². The van der Waals surface area contributed by atoms with Crippen LogP contribution in [0.1, 0.15) is 114 Å². The van der Waals surface area contributed by atoms with Crippen LogP contribution in [-0.4, -0.2) is 11.2 Å². The minimum atomic E-state index is -0.154. The molecule has 0 saturated heterocycles. The smallest absolute Gasteiger partial charge is 0.0594 e. The molecule has 1 N–H and O–H groups in total. The lowest BCUT2D eigenvalue weighted by Gasteiger charge is -2.56. The molecule has 0 spiro atoms. The maximum Gasteiger partial charge on any atom is 0.0594 e. The minimum absolute atomic E-state index is 0.0135. The van der Waals surface area contributed by atoms with Crippen molar-refractivity contribution >= 4 is 0 Å². The summed E-state index contributed by atoms with van der Waals surface area (Å²) in [7, 11) is 0. The number of aryl methyl sites for hydroxylation is 1. The van der Waals surface area contributed by atoms with Crippen molar-refractivity contribution in [1.29, 1.82) is 0 Å². The summed E-state index contributed by atoms with van der Waals surface area (Å²) in [5.41, 5.74) is 10.0. The fourth-order valence-corrected chi connectivity index (χ4v) is 7.73. The van der Waals surface area contributed by atoms with E-state index >= 15 is 0 Å². The van der Waals surface area contributed by atoms with E-state index in [-0.39, 0.29) is 16.9 Å². The zero-order valence-corrected chi connectivity index (χ0v) is 20.6. The van der Waals surface area contributed by atoms with E-state index in [0.717, 1.165) is 24.7 Å². The molecule has 0 bridgehead atoms. The molecule has 1 aromatic carbocycles. The van der Waals surface area contributed by atoms with Gasteiger partial charge >= 0.3 is 0 Å². The second-order valence-corrected chi connectivity index (χ2v) is 12.0. The third-order valence-electron chi connectivity index (χ3n) is 9.50. The van der Waals surface area contributed by atoms with Crippen molar-refractivity contribution in [3.8, 4) is 0 Å². The first kappa shape index (κ1) is 22.1. The van der Waals surface area contributed by atoms with Crippen LogP contribution in [-0.2, 0) is 18.3 Å². The van der Waals surface area contributed by atoms with Gasteiger partial charge in [-0.05, 0) is 129 Å². The van der Waals surface area contributed by atoms with Crippen LogP contribution in [0.2, 0.25) is 0 Å². The quantitative estimate of drug-likeness (QED) is 0.514. The van der Waals surface area contributed by atoms with Crippen LogP contribution in [0, 0.1) is 24.2 Å². The Kier molecular flexibility index (Phi) is 5.76. The lowest BCUT2D eigenvalue weighted by Crippen LogP contribution is -2.54. The van der Waals surface area contributed by atoms with Crippen LogP contribution in [0.3, 0.4) is 0 Å². The third-order valence-corrected chi connectivity index (χ3v) is 9.50. The zero-order chi connectivity index (χ0) is 21.8. The largest absolute Gasteiger partial charge is 0.393 e. The molecule has 166 valence electrons. The Morgan fingerprint density at radius 3 is 2.53 bits per heavy atom. The van der Waals surface area contributed by atoms with Gasteiger partial charge in [0.15, 0.2) is 0 Å². The predicted octanol–water partition coefficient (Wildman–Crippen LogP) is 7.41. The van der Waals surface area contributed by atoms with Crippen molar-refractivity contribution in [1.82, 2.24) is 0 Å². The molecule has 3 aliphatic carbocycles. The number of aliphatic hydroxyl groups excluding tert-OH is 1. The molecule has 4 rings (SSSR count). The van der Waals surface area contributed by atoms with E-state index in [1.165, 1.54) is 44.1 Å². The SMILES string of the molecule is CC(C)=CCC[C@@H](C)[C@H]1CCc2c3c(cc(C)c21)[C@@]1(C)CC[C@H](O)C(C)(C)C1CC3. The molecular weight excluding hydrogens is 364 g/mol. The molecule has 0 heterocycles. The highest BCUT2D eigenvalue weighted by Gasteiger charge is 2.54. The van der Waals surface area contributed by atoms with E-state index in [4.69, 9.17) is 0 Å². The Bertz CT molecular complexity index is 840. The van der Waals surface area contributed by atoms with E-state index in [1.807, 2.05) is 0 Å². The molecule has 1 nitrogen and oxygen atoms in total. The summed E-state index contributed by atoms with van der Waals surface area (Å²) in [4.78, 5) is 0. The molecule has 1 heteroatoms. The summed E-state index contributed by atoms with van der Waals surface area (Å²) in [6.45, 7) is 16.4. The average molecular weight is 409 g/mol. The molecule has 0 aromatic heterocycles. The number of aliphatic hydroxyl groups is 1. The molecular formula is C29H44O. The summed E-state index contributed by atoms with van der Waals surface area (Å²) >= 11 is 0. The van der Waals surface area contributed by atoms with Crippen molar-refractivity contribution in [2.75, 3.05) is 0 Å². The molecule has 0 aliphatic heterocycles. The van der Waals surface area contributed by atoms with E-state index in [2.05, 4.69) is 60.6 Å². The number of rotatable bonds is 4. The monoisotopic (exact) mass is 408 g/mol. The van der Waals surface area contributed by atoms with Crippen molar-refractivity contribution in [3.63, 3.8) is 0 Å². The van der Waals surface area contributed by atoms with Gasteiger partial charge in [0.05, 0.1) is 6.10 Å². The molecule has 1 unspecified atom stereocenters. The van der Waals surface area contributed by atoms with Crippen molar-refractivity contribution < 1.29 is 5.11 Å². The van der Waals surface area contributed by atoms with Crippen LogP contribution >= 0.6 is 0 Å². The maximum absolute atomic E-state index is 10.7. The second kappa shape index (κ2) is 7.80. The van der Waals surface area contributed by atoms with Gasteiger partial charge in [-0.2, -0.15) is 0 Å². The van der Waals surface area contributed by atoms with Crippen LogP contribution in [0.25, 0.3) is 0 Å². The van der Waals surface area contributed by atoms with Gasteiger partial charge in [0.2, 0.25) is 0 Å². The molecule has 0 radical (unpaired) electrons. The van der Waals surface area contributed by atoms with Crippen molar-refractivity contribution in [3.05, 3.63) is 45.5 Å². The molecule has 0 amide bonds. The van der Waals surface area contributed by atoms with Gasteiger partial charge in [0.25, 0.3) is 0 Å². The summed E-state index contributed by atoms with van der Waals surface area (Å²) in [6.07, 6.45) is 11.9. The second-order valence-electron chi connectivity index (χ2n) is 12.0. The molecule has 1 saturated carbocycles. The van der Waals surface area contributed by atoms with E-state index in [0.29, 0.717) is 5.92 Å². The molecule has 1 fully saturated rings.